The highest BCUT2D eigenvalue weighted by Gasteiger charge is 2.18. The van der Waals surface area contributed by atoms with Gasteiger partial charge in [-0.25, -0.2) is 9.37 Å². The average molecular weight is 338 g/mol. The van der Waals surface area contributed by atoms with Gasteiger partial charge in [-0.05, 0) is 42.8 Å². The Labute approximate surface area is 143 Å². The van der Waals surface area contributed by atoms with Gasteiger partial charge in [0.2, 0.25) is 0 Å². The van der Waals surface area contributed by atoms with Crippen LogP contribution < -0.4 is 4.90 Å². The van der Waals surface area contributed by atoms with Crippen LogP contribution in [-0.4, -0.2) is 10.9 Å². The molecule has 120 valence electrons. The summed E-state index contributed by atoms with van der Waals surface area (Å²) in [6.45, 7) is 1.89. The summed E-state index contributed by atoms with van der Waals surface area (Å²) in [6.07, 6.45) is 3.13. The van der Waals surface area contributed by atoms with Crippen LogP contribution in [0.1, 0.15) is 11.3 Å². The number of anilines is 2. The number of carbonyl (C=O) groups excluding carboxylic acids is 1. The van der Waals surface area contributed by atoms with Crippen LogP contribution in [0.5, 0.6) is 0 Å². The van der Waals surface area contributed by atoms with E-state index in [0.717, 1.165) is 16.9 Å². The van der Waals surface area contributed by atoms with E-state index in [9.17, 15) is 9.18 Å². The summed E-state index contributed by atoms with van der Waals surface area (Å²) >= 11 is 1.41. The molecule has 3 nitrogen and oxygen atoms in total. The molecule has 1 heterocycles. The molecule has 1 aromatic heterocycles. The quantitative estimate of drug-likeness (QED) is 0.629. The minimum absolute atomic E-state index is 0.208. The van der Waals surface area contributed by atoms with Gasteiger partial charge in [0, 0.05) is 11.5 Å². The summed E-state index contributed by atoms with van der Waals surface area (Å²) < 4.78 is 13.0. The molecular formula is C19H15FN2OS. The number of aromatic nitrogens is 1. The lowest BCUT2D eigenvalue weighted by Gasteiger charge is -2.18. The first-order valence-electron chi connectivity index (χ1n) is 7.38. The van der Waals surface area contributed by atoms with Gasteiger partial charge in [0.15, 0.2) is 5.13 Å². The Kier molecular flexibility index (Phi) is 4.82. The molecular weight excluding hydrogens is 323 g/mol. The first-order valence-corrected chi connectivity index (χ1v) is 8.26. The van der Waals surface area contributed by atoms with Crippen LogP contribution in [0.25, 0.3) is 6.08 Å². The third kappa shape index (κ3) is 3.75. The van der Waals surface area contributed by atoms with E-state index < -0.39 is 0 Å². The molecule has 0 atom stereocenters. The van der Waals surface area contributed by atoms with E-state index in [2.05, 4.69) is 4.98 Å². The van der Waals surface area contributed by atoms with Crippen molar-refractivity contribution in [1.29, 1.82) is 0 Å². The summed E-state index contributed by atoms with van der Waals surface area (Å²) in [5.41, 5.74) is 2.37. The summed E-state index contributed by atoms with van der Waals surface area (Å²) in [5, 5.41) is 2.52. The monoisotopic (exact) mass is 338 g/mol. The van der Waals surface area contributed by atoms with E-state index in [1.165, 1.54) is 29.5 Å². The van der Waals surface area contributed by atoms with E-state index in [-0.39, 0.29) is 11.7 Å². The van der Waals surface area contributed by atoms with Crippen molar-refractivity contribution in [3.05, 3.63) is 83.1 Å². The van der Waals surface area contributed by atoms with Crippen LogP contribution in [0.3, 0.4) is 0 Å². The van der Waals surface area contributed by atoms with Crippen molar-refractivity contribution < 1.29 is 9.18 Å². The minimum Gasteiger partial charge on any atom is -0.269 e. The maximum atomic E-state index is 13.0. The zero-order valence-electron chi connectivity index (χ0n) is 13.0. The Hall–Kier alpha value is -2.79. The van der Waals surface area contributed by atoms with Gasteiger partial charge in [0.1, 0.15) is 5.82 Å². The third-order valence-corrected chi connectivity index (χ3v) is 4.26. The second-order valence-electron chi connectivity index (χ2n) is 5.17. The number of para-hydroxylation sites is 1. The van der Waals surface area contributed by atoms with Gasteiger partial charge in [-0.1, -0.05) is 30.3 Å². The van der Waals surface area contributed by atoms with E-state index in [1.807, 2.05) is 42.6 Å². The lowest BCUT2D eigenvalue weighted by molar-refractivity contribution is -0.113. The minimum atomic E-state index is -0.303. The van der Waals surface area contributed by atoms with Crippen LogP contribution >= 0.6 is 11.3 Å². The Morgan fingerprint density at radius 1 is 1.12 bits per heavy atom. The van der Waals surface area contributed by atoms with Crippen molar-refractivity contribution in [1.82, 2.24) is 4.98 Å². The molecule has 0 bridgehead atoms. The van der Waals surface area contributed by atoms with E-state index in [1.54, 1.807) is 23.1 Å². The molecule has 24 heavy (non-hydrogen) atoms. The lowest BCUT2D eigenvalue weighted by Crippen LogP contribution is -2.23. The molecule has 0 spiro atoms. The number of nitrogens with zero attached hydrogens (tertiary/aromatic N) is 2. The average Bonchev–Trinajstić information content (AvgIpc) is 3.01. The SMILES string of the molecule is Cc1csc(N(C(=O)/C=C/c2ccc(F)cc2)c2ccccc2)n1. The molecule has 0 fully saturated rings. The Morgan fingerprint density at radius 2 is 1.83 bits per heavy atom. The molecule has 0 unspecified atom stereocenters. The molecule has 0 aliphatic rings. The van der Waals surface area contributed by atoms with Gasteiger partial charge in [0.05, 0.1) is 11.4 Å². The predicted molar refractivity (Wildman–Crippen MR) is 95.9 cm³/mol. The van der Waals surface area contributed by atoms with Crippen LogP contribution in [0, 0.1) is 12.7 Å². The molecule has 0 aliphatic heterocycles. The molecule has 0 N–H and O–H groups in total. The third-order valence-electron chi connectivity index (χ3n) is 3.32. The zero-order valence-corrected chi connectivity index (χ0v) is 13.8. The van der Waals surface area contributed by atoms with Crippen LogP contribution in [0.15, 0.2) is 66.1 Å². The number of rotatable bonds is 4. The standard InChI is InChI=1S/C19H15FN2OS/c1-14-13-24-19(21-14)22(17-5-3-2-4-6-17)18(23)12-9-15-7-10-16(20)11-8-15/h2-13H,1H3/b12-9+. The summed E-state index contributed by atoms with van der Waals surface area (Å²) in [7, 11) is 0. The van der Waals surface area contributed by atoms with Crippen molar-refractivity contribution in [2.45, 2.75) is 6.92 Å². The first-order chi connectivity index (χ1) is 11.6. The number of hydrogen-bond donors (Lipinski definition) is 0. The topological polar surface area (TPSA) is 33.2 Å². The number of aryl methyl sites for hydroxylation is 1. The van der Waals surface area contributed by atoms with Gasteiger partial charge < -0.3 is 0 Å². The van der Waals surface area contributed by atoms with Crippen molar-refractivity contribution in [3.8, 4) is 0 Å². The molecule has 1 amide bonds. The van der Waals surface area contributed by atoms with Gasteiger partial charge in [0.25, 0.3) is 5.91 Å². The van der Waals surface area contributed by atoms with E-state index >= 15 is 0 Å². The molecule has 3 rings (SSSR count). The molecule has 0 aliphatic carbocycles. The molecule has 0 saturated carbocycles. The lowest BCUT2D eigenvalue weighted by atomic mass is 10.2. The normalized spacial score (nSPS) is 10.9. The Bertz CT molecular complexity index is 857. The fourth-order valence-electron chi connectivity index (χ4n) is 2.17. The van der Waals surface area contributed by atoms with Crippen LogP contribution in [0.2, 0.25) is 0 Å². The summed E-state index contributed by atoms with van der Waals surface area (Å²) in [4.78, 5) is 18.7. The van der Waals surface area contributed by atoms with Crippen molar-refractivity contribution in [3.63, 3.8) is 0 Å². The van der Waals surface area contributed by atoms with E-state index in [0.29, 0.717) is 5.13 Å². The van der Waals surface area contributed by atoms with Crippen LogP contribution in [-0.2, 0) is 4.79 Å². The maximum absolute atomic E-state index is 13.0. The van der Waals surface area contributed by atoms with Gasteiger partial charge in [-0.15, -0.1) is 11.3 Å². The highest BCUT2D eigenvalue weighted by Crippen LogP contribution is 2.28. The van der Waals surface area contributed by atoms with Gasteiger partial charge in [-0.3, -0.25) is 9.69 Å². The molecule has 5 heteroatoms. The summed E-state index contributed by atoms with van der Waals surface area (Å²) in [6, 6.07) is 15.3. The number of amides is 1. The maximum Gasteiger partial charge on any atom is 0.257 e. The smallest absolute Gasteiger partial charge is 0.257 e. The largest absolute Gasteiger partial charge is 0.269 e. The molecule has 0 saturated heterocycles. The molecule has 0 radical (unpaired) electrons. The zero-order chi connectivity index (χ0) is 16.9. The number of halogens is 1. The van der Waals surface area contributed by atoms with Crippen molar-refractivity contribution >= 4 is 34.1 Å². The van der Waals surface area contributed by atoms with E-state index in [4.69, 9.17) is 0 Å². The molecule has 2 aromatic carbocycles. The Balaban J connectivity index is 1.90. The molecule has 3 aromatic rings. The number of thiazole rings is 1. The number of carbonyl (C=O) groups is 1. The number of hydrogen-bond acceptors (Lipinski definition) is 3. The van der Waals surface area contributed by atoms with Gasteiger partial charge in [-0.2, -0.15) is 0 Å². The second-order valence-corrected chi connectivity index (χ2v) is 6.00. The highest BCUT2D eigenvalue weighted by atomic mass is 32.1. The predicted octanol–water partition coefficient (Wildman–Crippen LogP) is 4.97. The van der Waals surface area contributed by atoms with Crippen LogP contribution in [0.4, 0.5) is 15.2 Å². The van der Waals surface area contributed by atoms with Gasteiger partial charge >= 0.3 is 0 Å². The number of benzene rings is 2. The first kappa shape index (κ1) is 16.1. The van der Waals surface area contributed by atoms with Crippen molar-refractivity contribution in [2.75, 3.05) is 4.90 Å². The fraction of sp³-hybridized carbons (Fsp3) is 0.0526. The fourth-order valence-corrected chi connectivity index (χ4v) is 3.00. The second kappa shape index (κ2) is 7.19. The van der Waals surface area contributed by atoms with Crippen molar-refractivity contribution in [2.24, 2.45) is 0 Å². The Morgan fingerprint density at radius 3 is 2.46 bits per heavy atom. The highest BCUT2D eigenvalue weighted by molar-refractivity contribution is 7.14. The summed E-state index contributed by atoms with van der Waals surface area (Å²) in [5.74, 6) is -0.512.